The summed E-state index contributed by atoms with van der Waals surface area (Å²) in [7, 11) is 0. The van der Waals surface area contributed by atoms with Crippen molar-refractivity contribution in [2.45, 2.75) is 31.4 Å². The lowest BCUT2D eigenvalue weighted by atomic mass is 9.82. The van der Waals surface area contributed by atoms with Gasteiger partial charge in [-0.25, -0.2) is 0 Å². The Morgan fingerprint density at radius 3 is 2.71 bits per heavy atom. The number of halogens is 4. The zero-order valence-corrected chi connectivity index (χ0v) is 12.3. The first-order valence-electron chi connectivity index (χ1n) is 6.91. The Morgan fingerprint density at radius 1 is 1.33 bits per heavy atom. The first-order chi connectivity index (χ1) is 9.92. The van der Waals surface area contributed by atoms with Gasteiger partial charge in [0, 0.05) is 12.4 Å². The van der Waals surface area contributed by atoms with Crippen LogP contribution in [0.25, 0.3) is 0 Å². The van der Waals surface area contributed by atoms with Crippen molar-refractivity contribution in [1.82, 2.24) is 4.90 Å². The minimum atomic E-state index is -4.41. The van der Waals surface area contributed by atoms with E-state index in [4.69, 9.17) is 11.6 Å². The van der Waals surface area contributed by atoms with E-state index in [2.05, 4.69) is 0 Å². The van der Waals surface area contributed by atoms with E-state index in [1.165, 1.54) is 0 Å². The largest absolute Gasteiger partial charge is 0.406 e. The Bertz CT molecular complexity index is 504. The highest BCUT2D eigenvalue weighted by Crippen LogP contribution is 2.33. The molecule has 0 aromatic heterocycles. The molecule has 6 heteroatoms. The smallest absolute Gasteiger partial charge is 0.332 e. The molecule has 1 aliphatic rings. The molecular weight excluding hydrogens is 303 g/mol. The maximum Gasteiger partial charge on any atom is 0.406 e. The van der Waals surface area contributed by atoms with E-state index in [9.17, 15) is 18.0 Å². The molecule has 1 aliphatic carbocycles. The average molecular weight is 320 g/mol. The number of carbonyl (C=O) groups excluding carboxylic acids is 1. The van der Waals surface area contributed by atoms with Crippen LogP contribution in [0.3, 0.4) is 0 Å². The van der Waals surface area contributed by atoms with Crippen LogP contribution in [0, 0.1) is 0 Å². The number of fused-ring (bicyclic) bond motifs is 1. The molecule has 0 saturated carbocycles. The lowest BCUT2D eigenvalue weighted by Gasteiger charge is -2.31. The van der Waals surface area contributed by atoms with Crippen LogP contribution < -0.4 is 0 Å². The Hall–Kier alpha value is -1.23. The molecule has 0 heterocycles. The third-order valence-electron chi connectivity index (χ3n) is 3.70. The van der Waals surface area contributed by atoms with Crippen LogP contribution in [0.4, 0.5) is 13.2 Å². The number of carbonyl (C=O) groups is 1. The van der Waals surface area contributed by atoms with E-state index in [1.54, 1.807) is 0 Å². The minimum Gasteiger partial charge on any atom is -0.332 e. The molecule has 21 heavy (non-hydrogen) atoms. The van der Waals surface area contributed by atoms with Gasteiger partial charge in [-0.05, 0) is 30.4 Å². The third-order valence-corrected chi connectivity index (χ3v) is 3.87. The summed E-state index contributed by atoms with van der Waals surface area (Å²) < 4.78 is 37.8. The molecule has 1 atom stereocenters. The highest BCUT2D eigenvalue weighted by molar-refractivity contribution is 6.18. The van der Waals surface area contributed by atoms with Gasteiger partial charge in [0.1, 0.15) is 6.54 Å². The number of hydrogen-bond donors (Lipinski definition) is 0. The molecule has 1 aromatic carbocycles. The summed E-state index contributed by atoms with van der Waals surface area (Å²) in [5.74, 6) is -0.962. The Kier molecular flexibility index (Phi) is 5.14. The molecule has 2 rings (SSSR count). The first kappa shape index (κ1) is 16.1. The van der Waals surface area contributed by atoms with Gasteiger partial charge in [-0.2, -0.15) is 13.2 Å². The van der Waals surface area contributed by atoms with Crippen molar-refractivity contribution >= 4 is 17.5 Å². The van der Waals surface area contributed by atoms with Gasteiger partial charge in [0.05, 0.1) is 5.92 Å². The topological polar surface area (TPSA) is 20.3 Å². The van der Waals surface area contributed by atoms with E-state index in [0.717, 1.165) is 28.9 Å². The Morgan fingerprint density at radius 2 is 2.05 bits per heavy atom. The zero-order valence-electron chi connectivity index (χ0n) is 11.5. The number of hydrogen-bond acceptors (Lipinski definition) is 1. The molecule has 0 spiro atoms. The SMILES string of the molecule is O=C(C1CCCc2ccccc21)N(CCCl)CC(F)(F)F. The van der Waals surface area contributed by atoms with Crippen LogP contribution in [0.15, 0.2) is 24.3 Å². The van der Waals surface area contributed by atoms with Gasteiger partial charge in [0.25, 0.3) is 0 Å². The van der Waals surface area contributed by atoms with Crippen molar-refractivity contribution in [2.75, 3.05) is 19.0 Å². The highest BCUT2D eigenvalue weighted by Gasteiger charge is 2.36. The summed E-state index contributed by atoms with van der Waals surface area (Å²) in [4.78, 5) is 13.3. The number of aryl methyl sites for hydroxylation is 1. The van der Waals surface area contributed by atoms with Crippen molar-refractivity contribution in [3.8, 4) is 0 Å². The van der Waals surface area contributed by atoms with Crippen molar-refractivity contribution in [1.29, 1.82) is 0 Å². The van der Waals surface area contributed by atoms with E-state index in [-0.39, 0.29) is 12.4 Å². The molecule has 1 aromatic rings. The molecule has 0 aliphatic heterocycles. The van der Waals surface area contributed by atoms with E-state index < -0.39 is 24.5 Å². The maximum atomic E-state index is 12.6. The third kappa shape index (κ3) is 4.13. The monoisotopic (exact) mass is 319 g/mol. The zero-order chi connectivity index (χ0) is 15.5. The fourth-order valence-corrected chi connectivity index (χ4v) is 3.02. The molecule has 0 fully saturated rings. The quantitative estimate of drug-likeness (QED) is 0.774. The number of rotatable bonds is 4. The van der Waals surface area contributed by atoms with Gasteiger partial charge in [-0.3, -0.25) is 4.79 Å². The van der Waals surface area contributed by atoms with E-state index in [1.807, 2.05) is 24.3 Å². The lowest BCUT2D eigenvalue weighted by Crippen LogP contribution is -2.43. The number of benzene rings is 1. The standard InChI is InChI=1S/C15H17ClF3NO/c16-8-9-20(10-15(17,18)19)14(21)13-7-3-5-11-4-1-2-6-12(11)13/h1-2,4,6,13H,3,5,7-10H2. The summed E-state index contributed by atoms with van der Waals surface area (Å²) >= 11 is 5.55. The first-order valence-corrected chi connectivity index (χ1v) is 7.45. The molecule has 0 radical (unpaired) electrons. The van der Waals surface area contributed by atoms with Crippen molar-refractivity contribution in [2.24, 2.45) is 0 Å². The summed E-state index contributed by atoms with van der Waals surface area (Å²) in [6, 6.07) is 7.48. The molecule has 0 N–H and O–H groups in total. The van der Waals surface area contributed by atoms with Gasteiger partial charge in [0.2, 0.25) is 5.91 Å². The second-order valence-corrected chi connectivity index (χ2v) is 5.59. The second-order valence-electron chi connectivity index (χ2n) is 5.21. The highest BCUT2D eigenvalue weighted by atomic mass is 35.5. The summed E-state index contributed by atoms with van der Waals surface area (Å²) in [6.45, 7) is -1.32. The van der Waals surface area contributed by atoms with Crippen LogP contribution in [0.1, 0.15) is 29.9 Å². The van der Waals surface area contributed by atoms with Crippen molar-refractivity contribution in [3.05, 3.63) is 35.4 Å². The molecule has 1 amide bonds. The predicted octanol–water partition coefficient (Wildman–Crippen LogP) is 3.74. The van der Waals surface area contributed by atoms with Crippen LogP contribution in [-0.2, 0) is 11.2 Å². The lowest BCUT2D eigenvalue weighted by molar-refractivity contribution is -0.161. The van der Waals surface area contributed by atoms with E-state index >= 15 is 0 Å². The minimum absolute atomic E-state index is 0.00378. The van der Waals surface area contributed by atoms with Crippen LogP contribution in [0.2, 0.25) is 0 Å². The summed E-state index contributed by atoms with van der Waals surface area (Å²) in [5.41, 5.74) is 1.91. The second kappa shape index (κ2) is 6.69. The Labute approximate surface area is 126 Å². The average Bonchev–Trinajstić information content (AvgIpc) is 2.44. The fraction of sp³-hybridized carbons (Fsp3) is 0.533. The van der Waals surface area contributed by atoms with Crippen molar-refractivity contribution in [3.63, 3.8) is 0 Å². The fourth-order valence-electron chi connectivity index (χ4n) is 2.82. The van der Waals surface area contributed by atoms with Crippen LogP contribution >= 0.6 is 11.6 Å². The maximum absolute atomic E-state index is 12.6. The Balaban J connectivity index is 2.21. The normalized spacial score (nSPS) is 18.2. The van der Waals surface area contributed by atoms with Gasteiger partial charge in [-0.1, -0.05) is 24.3 Å². The van der Waals surface area contributed by atoms with Crippen LogP contribution in [-0.4, -0.2) is 36.0 Å². The van der Waals surface area contributed by atoms with Crippen molar-refractivity contribution < 1.29 is 18.0 Å². The van der Waals surface area contributed by atoms with Crippen LogP contribution in [0.5, 0.6) is 0 Å². The predicted molar refractivity (Wildman–Crippen MR) is 75.5 cm³/mol. The summed E-state index contributed by atoms with van der Waals surface area (Å²) in [6.07, 6.45) is -2.13. The number of alkyl halides is 4. The molecule has 0 saturated heterocycles. The molecule has 1 unspecified atom stereocenters. The van der Waals surface area contributed by atoms with Gasteiger partial charge in [-0.15, -0.1) is 11.6 Å². The number of amides is 1. The number of nitrogens with zero attached hydrogens (tertiary/aromatic N) is 1. The summed E-state index contributed by atoms with van der Waals surface area (Å²) in [5, 5.41) is 0. The van der Waals surface area contributed by atoms with Gasteiger partial charge in [0.15, 0.2) is 0 Å². The molecule has 0 bridgehead atoms. The molecule has 2 nitrogen and oxygen atoms in total. The molecular formula is C15H17ClF3NO. The van der Waals surface area contributed by atoms with Gasteiger partial charge < -0.3 is 4.90 Å². The van der Waals surface area contributed by atoms with Gasteiger partial charge >= 0.3 is 6.18 Å². The van der Waals surface area contributed by atoms with E-state index in [0.29, 0.717) is 6.42 Å². The molecule has 116 valence electrons.